The minimum Gasteiger partial charge on any atom is -0.418 e. The molecule has 0 aromatic heterocycles. The topological polar surface area (TPSA) is 43.8 Å². The molecule has 11 heteroatoms. The summed E-state index contributed by atoms with van der Waals surface area (Å²) in [4.78, 5) is 7.20. The van der Waals surface area contributed by atoms with Crippen LogP contribution >= 0.6 is 27.7 Å². The second kappa shape index (κ2) is 6.21. The Balaban J connectivity index is 0.000000312. The molecule has 1 aliphatic heterocycles. The normalized spacial score (nSPS) is 17.1. The van der Waals surface area contributed by atoms with Crippen molar-refractivity contribution >= 4 is 52.6 Å². The summed E-state index contributed by atoms with van der Waals surface area (Å²) < 4.78 is 41.2. The van der Waals surface area contributed by atoms with Crippen molar-refractivity contribution in [2.24, 2.45) is 4.99 Å². The Morgan fingerprint density at radius 2 is 1.95 bits per heavy atom. The van der Waals surface area contributed by atoms with Gasteiger partial charge in [-0.15, -0.1) is 0 Å². The van der Waals surface area contributed by atoms with Crippen molar-refractivity contribution in [3.63, 3.8) is 0 Å². The highest BCUT2D eigenvalue weighted by Crippen LogP contribution is 2.36. The monoisotopic (exact) mass is 358 g/mol. The van der Waals surface area contributed by atoms with E-state index < -0.39 is 13.4 Å². The Kier molecular flexibility index (Phi) is 5.14. The van der Waals surface area contributed by atoms with Gasteiger partial charge in [-0.25, -0.2) is 4.99 Å². The predicted octanol–water partition coefficient (Wildman–Crippen LogP) is 4.60. The second-order valence-corrected chi connectivity index (χ2v) is 4.53. The van der Waals surface area contributed by atoms with Crippen LogP contribution in [0.5, 0.6) is 0 Å². The Morgan fingerprint density at radius 1 is 1.37 bits per heavy atom. The summed E-state index contributed by atoms with van der Waals surface area (Å²) in [6.07, 6.45) is 0.849. The van der Waals surface area contributed by atoms with Crippen LogP contribution in [0, 0.1) is 5.39 Å². The predicted molar refractivity (Wildman–Crippen MR) is 69.7 cm³/mol. The van der Waals surface area contributed by atoms with Crippen LogP contribution in [0.1, 0.15) is 0 Å². The minimum atomic E-state index is -6.00. The van der Waals surface area contributed by atoms with Gasteiger partial charge in [-0.05, 0) is 18.2 Å². The van der Waals surface area contributed by atoms with Gasteiger partial charge in [0.15, 0.2) is 4.98 Å². The van der Waals surface area contributed by atoms with E-state index in [-0.39, 0.29) is 0 Å². The number of hydrogen-bond acceptors (Lipinski definition) is 3. The molecule has 1 aromatic rings. The van der Waals surface area contributed by atoms with Crippen LogP contribution in [0.2, 0.25) is 0 Å². The van der Waals surface area contributed by atoms with E-state index in [1.807, 2.05) is 18.2 Å². The van der Waals surface area contributed by atoms with Gasteiger partial charge in [0, 0.05) is 16.2 Å². The molecule has 1 atom stereocenters. The Bertz CT molecular complexity index is 526. The van der Waals surface area contributed by atoms with Gasteiger partial charge < -0.3 is 17.3 Å². The Labute approximate surface area is 119 Å². The van der Waals surface area contributed by atoms with Crippen LogP contribution < -0.4 is 4.42 Å². The van der Waals surface area contributed by atoms with E-state index in [4.69, 9.17) is 17.2 Å². The molecule has 0 saturated carbocycles. The number of diazo groups is 1. The maximum absolute atomic E-state index is 9.75. The molecule has 0 spiro atoms. The van der Waals surface area contributed by atoms with Crippen LogP contribution in [-0.4, -0.2) is 19.6 Å². The van der Waals surface area contributed by atoms with Crippen LogP contribution in [0.15, 0.2) is 27.7 Å². The molecule has 0 bridgehead atoms. The summed E-state index contributed by atoms with van der Waals surface area (Å²) in [5.41, 5.74) is 1.47. The lowest BCUT2D eigenvalue weighted by atomic mass is 10.2. The van der Waals surface area contributed by atoms with E-state index in [1.165, 1.54) is 10.6 Å². The molecule has 1 aliphatic rings. The largest absolute Gasteiger partial charge is 0.673 e. The maximum atomic E-state index is 9.75. The smallest absolute Gasteiger partial charge is 0.418 e. The molecular formula is C8H5BBrClF4N4. The molecule has 0 N–H and O–H groups in total. The number of anilines is 1. The average Bonchev–Trinajstić information content (AvgIpc) is 2.28. The number of hydrogen-bond donors (Lipinski definition) is 0. The van der Waals surface area contributed by atoms with Crippen molar-refractivity contribution in [2.45, 2.75) is 6.17 Å². The van der Waals surface area contributed by atoms with Crippen molar-refractivity contribution in [1.29, 1.82) is 5.39 Å². The molecule has 19 heavy (non-hydrogen) atoms. The first-order valence-corrected chi connectivity index (χ1v) is 5.86. The quantitative estimate of drug-likeness (QED) is 0.294. The summed E-state index contributed by atoms with van der Waals surface area (Å²) in [6, 6.07) is 5.52. The highest BCUT2D eigenvalue weighted by atomic mass is 79.9. The van der Waals surface area contributed by atoms with Crippen molar-refractivity contribution in [1.82, 2.24) is 0 Å². The summed E-state index contributed by atoms with van der Waals surface area (Å²) in [5.74, 6) is 0. The molecule has 0 amide bonds. The van der Waals surface area contributed by atoms with Gasteiger partial charge in [-0.2, -0.15) is 4.42 Å². The summed E-state index contributed by atoms with van der Waals surface area (Å²) in [5, 5.41) is 8.65. The van der Waals surface area contributed by atoms with Crippen LogP contribution in [0.4, 0.5) is 28.6 Å². The first-order valence-electron chi connectivity index (χ1n) is 4.72. The number of halogens is 6. The number of nitrogens with zero attached hydrogens (tertiary/aromatic N) is 4. The first-order chi connectivity index (χ1) is 8.72. The molecule has 1 aromatic carbocycles. The molecule has 0 fully saturated rings. The number of benzene rings is 1. The number of aliphatic imine (C=N–C) groups is 1. The minimum absolute atomic E-state index is 0.626. The second-order valence-electron chi connectivity index (χ2n) is 3.25. The van der Waals surface area contributed by atoms with Crippen LogP contribution in [0.25, 0.3) is 4.98 Å². The Morgan fingerprint density at radius 3 is 2.47 bits per heavy atom. The van der Waals surface area contributed by atoms with E-state index in [0.717, 1.165) is 10.2 Å². The summed E-state index contributed by atoms with van der Waals surface area (Å²) >= 11 is 9.28. The fourth-order valence-electron chi connectivity index (χ4n) is 1.20. The molecule has 1 heterocycles. The lowest BCUT2D eigenvalue weighted by Crippen LogP contribution is -2.27. The molecule has 0 radical (unpaired) electrons. The first kappa shape index (κ1) is 15.7. The highest BCUT2D eigenvalue weighted by molar-refractivity contribution is 9.10. The SMILES string of the molecule is F[B-](F)(F)F.N#[N+]C1C=Nc2ccc(Br)cc2N1Cl. The molecular weight excluding hydrogens is 354 g/mol. The van der Waals surface area contributed by atoms with Crippen molar-refractivity contribution in [2.75, 3.05) is 4.42 Å². The zero-order valence-corrected chi connectivity index (χ0v) is 11.4. The van der Waals surface area contributed by atoms with Gasteiger partial charge in [0.25, 0.3) is 0 Å². The van der Waals surface area contributed by atoms with E-state index >= 15 is 0 Å². The van der Waals surface area contributed by atoms with Crippen molar-refractivity contribution in [3.8, 4) is 0 Å². The molecule has 1 unspecified atom stereocenters. The van der Waals surface area contributed by atoms with Gasteiger partial charge in [-0.3, -0.25) is 0 Å². The van der Waals surface area contributed by atoms with E-state index in [2.05, 4.69) is 25.9 Å². The third-order valence-electron chi connectivity index (χ3n) is 1.87. The molecule has 4 nitrogen and oxygen atoms in total. The standard InChI is InChI=1S/C8H5BrClN4.BF4/c9-5-1-2-6-7(3-5)14(10)8(13-11)4-12-6;2-1(3,4)5/h1-4,8H;/q+1;-1. The van der Waals surface area contributed by atoms with Crippen molar-refractivity contribution in [3.05, 3.63) is 27.6 Å². The summed E-state index contributed by atoms with van der Waals surface area (Å²) in [7, 11) is -6.00. The Hall–Kier alpha value is -1.34. The molecule has 0 saturated heterocycles. The fourth-order valence-corrected chi connectivity index (χ4v) is 1.77. The lowest BCUT2D eigenvalue weighted by molar-refractivity contribution is 0.368. The molecule has 2 rings (SSSR count). The number of fused-ring (bicyclic) bond motifs is 1. The third kappa shape index (κ3) is 5.04. The van der Waals surface area contributed by atoms with Gasteiger partial charge in [0.05, 0.1) is 11.4 Å². The van der Waals surface area contributed by atoms with Gasteiger partial charge in [0.1, 0.15) is 6.21 Å². The lowest BCUT2D eigenvalue weighted by Gasteiger charge is -2.17. The molecule has 0 aliphatic carbocycles. The maximum Gasteiger partial charge on any atom is 0.673 e. The zero-order chi connectivity index (χ0) is 14.6. The summed E-state index contributed by atoms with van der Waals surface area (Å²) in [6.45, 7) is 0. The van der Waals surface area contributed by atoms with E-state index in [1.54, 1.807) is 0 Å². The van der Waals surface area contributed by atoms with E-state index in [9.17, 15) is 17.3 Å². The van der Waals surface area contributed by atoms with Gasteiger partial charge in [0.2, 0.25) is 5.39 Å². The average molecular weight is 359 g/mol. The van der Waals surface area contributed by atoms with Crippen LogP contribution in [-0.2, 0) is 0 Å². The fraction of sp³-hybridized carbons (Fsp3) is 0.125. The highest BCUT2D eigenvalue weighted by Gasteiger charge is 2.31. The van der Waals surface area contributed by atoms with E-state index in [0.29, 0.717) is 5.69 Å². The molecule has 102 valence electrons. The van der Waals surface area contributed by atoms with Gasteiger partial charge in [-0.1, -0.05) is 15.9 Å². The van der Waals surface area contributed by atoms with Crippen LogP contribution in [0.3, 0.4) is 0 Å². The van der Waals surface area contributed by atoms with Crippen molar-refractivity contribution < 1.29 is 17.3 Å². The van der Waals surface area contributed by atoms with Gasteiger partial charge >= 0.3 is 13.4 Å². The number of rotatable bonds is 0. The third-order valence-corrected chi connectivity index (χ3v) is 2.74. The zero-order valence-electron chi connectivity index (χ0n) is 9.02.